The van der Waals surface area contributed by atoms with Gasteiger partial charge in [0.05, 0.1) is 11.5 Å². The lowest BCUT2D eigenvalue weighted by molar-refractivity contribution is 0.00475. The van der Waals surface area contributed by atoms with E-state index in [1.807, 2.05) is 6.07 Å². The van der Waals surface area contributed by atoms with Crippen LogP contribution < -0.4 is 0 Å². The Morgan fingerprint density at radius 3 is 2.56 bits per heavy atom. The molecule has 0 saturated heterocycles. The van der Waals surface area contributed by atoms with Crippen LogP contribution in [0.15, 0.2) is 30.3 Å². The fourth-order valence-corrected chi connectivity index (χ4v) is 2.33. The van der Waals surface area contributed by atoms with E-state index in [9.17, 15) is 0 Å². The van der Waals surface area contributed by atoms with Crippen molar-refractivity contribution in [1.82, 2.24) is 0 Å². The second-order valence-corrected chi connectivity index (χ2v) is 5.18. The maximum absolute atomic E-state index is 5.88. The quantitative estimate of drug-likeness (QED) is 0.408. The Morgan fingerprint density at radius 1 is 1.31 bits per heavy atom. The summed E-state index contributed by atoms with van der Waals surface area (Å²) in [6.45, 7) is 2.84. The SMILES string of the molecule is CC(CCl)(CI)OCCCc1ccccc1. The van der Waals surface area contributed by atoms with Crippen LogP contribution in [-0.2, 0) is 11.2 Å². The Kier molecular flexibility index (Phi) is 6.70. The van der Waals surface area contributed by atoms with Crippen molar-refractivity contribution in [3.63, 3.8) is 0 Å². The molecule has 0 amide bonds. The lowest BCUT2D eigenvalue weighted by Crippen LogP contribution is -2.33. The van der Waals surface area contributed by atoms with Crippen molar-refractivity contribution in [2.24, 2.45) is 0 Å². The summed E-state index contributed by atoms with van der Waals surface area (Å²) in [4.78, 5) is 0. The molecule has 0 spiro atoms. The minimum Gasteiger partial charge on any atom is -0.373 e. The number of alkyl halides is 2. The zero-order valence-corrected chi connectivity index (χ0v) is 12.5. The molecule has 1 nitrogen and oxygen atoms in total. The van der Waals surface area contributed by atoms with Crippen molar-refractivity contribution in [2.45, 2.75) is 25.4 Å². The van der Waals surface area contributed by atoms with E-state index >= 15 is 0 Å². The molecule has 0 radical (unpaired) electrons. The Labute approximate surface area is 117 Å². The van der Waals surface area contributed by atoms with Crippen LogP contribution in [-0.4, -0.2) is 22.5 Å². The third-order valence-electron chi connectivity index (χ3n) is 2.47. The largest absolute Gasteiger partial charge is 0.373 e. The molecule has 0 heterocycles. The Hall–Kier alpha value is 0.200. The molecule has 0 aliphatic carbocycles. The summed E-state index contributed by atoms with van der Waals surface area (Å²) in [5.74, 6) is 0.557. The minimum absolute atomic E-state index is 0.168. The molecule has 1 aromatic carbocycles. The van der Waals surface area contributed by atoms with E-state index in [-0.39, 0.29) is 5.60 Å². The van der Waals surface area contributed by atoms with Gasteiger partial charge in [0.15, 0.2) is 0 Å². The van der Waals surface area contributed by atoms with Crippen molar-refractivity contribution in [2.75, 3.05) is 16.9 Å². The average molecular weight is 353 g/mol. The smallest absolute Gasteiger partial charge is 0.0878 e. The first kappa shape index (κ1) is 14.3. The molecule has 0 saturated carbocycles. The normalized spacial score (nSPS) is 14.7. The van der Waals surface area contributed by atoms with Crippen LogP contribution in [0.4, 0.5) is 0 Å². The summed E-state index contributed by atoms with van der Waals surface area (Å²) >= 11 is 8.20. The number of benzene rings is 1. The van der Waals surface area contributed by atoms with Crippen molar-refractivity contribution >= 4 is 34.2 Å². The fourth-order valence-electron chi connectivity index (χ4n) is 1.35. The molecule has 0 aliphatic heterocycles. The molecule has 0 N–H and O–H groups in total. The fraction of sp³-hybridized carbons (Fsp3) is 0.538. The number of halogens is 2. The van der Waals surface area contributed by atoms with E-state index in [4.69, 9.17) is 16.3 Å². The Morgan fingerprint density at radius 2 is 2.00 bits per heavy atom. The number of rotatable bonds is 7. The second kappa shape index (κ2) is 7.51. The highest BCUT2D eigenvalue weighted by atomic mass is 127. The van der Waals surface area contributed by atoms with Gasteiger partial charge in [0.2, 0.25) is 0 Å². The van der Waals surface area contributed by atoms with Gasteiger partial charge >= 0.3 is 0 Å². The summed E-state index contributed by atoms with van der Waals surface area (Å²) in [5.41, 5.74) is 1.20. The molecule has 0 bridgehead atoms. The van der Waals surface area contributed by atoms with Gasteiger partial charge in [0, 0.05) is 11.0 Å². The van der Waals surface area contributed by atoms with Crippen LogP contribution in [0.25, 0.3) is 0 Å². The topological polar surface area (TPSA) is 9.23 Å². The highest BCUT2D eigenvalue weighted by Crippen LogP contribution is 2.16. The molecular formula is C13H18ClIO. The van der Waals surface area contributed by atoms with Crippen molar-refractivity contribution < 1.29 is 4.74 Å². The maximum atomic E-state index is 5.88. The van der Waals surface area contributed by atoms with E-state index in [1.165, 1.54) is 5.56 Å². The Balaban J connectivity index is 2.22. The van der Waals surface area contributed by atoms with Gasteiger partial charge in [-0.1, -0.05) is 52.9 Å². The lowest BCUT2D eigenvalue weighted by atomic mass is 10.1. The molecule has 1 rings (SSSR count). The van der Waals surface area contributed by atoms with Crippen molar-refractivity contribution in [3.05, 3.63) is 35.9 Å². The van der Waals surface area contributed by atoms with Gasteiger partial charge < -0.3 is 4.74 Å². The number of ether oxygens (including phenoxy) is 1. The van der Waals surface area contributed by atoms with Crippen molar-refractivity contribution in [1.29, 1.82) is 0 Å². The summed E-state index contributed by atoms with van der Waals surface area (Å²) < 4.78 is 6.74. The molecule has 1 atom stereocenters. The molecule has 90 valence electrons. The van der Waals surface area contributed by atoms with Gasteiger partial charge in [-0.2, -0.15) is 0 Å². The molecule has 1 unspecified atom stereocenters. The molecule has 0 fully saturated rings. The predicted molar refractivity (Wildman–Crippen MR) is 78.7 cm³/mol. The van der Waals surface area contributed by atoms with Gasteiger partial charge in [-0.15, -0.1) is 11.6 Å². The van der Waals surface area contributed by atoms with Crippen LogP contribution >= 0.6 is 34.2 Å². The van der Waals surface area contributed by atoms with Gasteiger partial charge in [-0.3, -0.25) is 0 Å². The van der Waals surface area contributed by atoms with Crippen LogP contribution in [0.2, 0.25) is 0 Å². The van der Waals surface area contributed by atoms with Gasteiger partial charge in [-0.25, -0.2) is 0 Å². The van der Waals surface area contributed by atoms with E-state index in [0.29, 0.717) is 5.88 Å². The summed E-state index contributed by atoms with van der Waals surface area (Å²) in [6.07, 6.45) is 2.12. The zero-order chi connectivity index (χ0) is 11.9. The van der Waals surface area contributed by atoms with E-state index in [0.717, 1.165) is 23.9 Å². The first-order valence-electron chi connectivity index (χ1n) is 5.50. The number of hydrogen-bond donors (Lipinski definition) is 0. The standard InChI is InChI=1S/C13H18ClIO/c1-13(10-14,11-15)16-9-5-8-12-6-3-2-4-7-12/h2-4,6-7H,5,8-11H2,1H3. The second-order valence-electron chi connectivity index (χ2n) is 4.15. The average Bonchev–Trinajstić information content (AvgIpc) is 2.36. The highest BCUT2D eigenvalue weighted by Gasteiger charge is 2.21. The van der Waals surface area contributed by atoms with Gasteiger partial charge in [0.25, 0.3) is 0 Å². The van der Waals surface area contributed by atoms with Crippen LogP contribution in [0.3, 0.4) is 0 Å². The first-order chi connectivity index (χ1) is 7.70. The summed E-state index contributed by atoms with van der Waals surface area (Å²) in [6, 6.07) is 10.5. The lowest BCUT2D eigenvalue weighted by Gasteiger charge is -2.25. The summed E-state index contributed by atoms with van der Waals surface area (Å²) in [5, 5.41) is 0. The molecule has 3 heteroatoms. The zero-order valence-electron chi connectivity index (χ0n) is 9.59. The third-order valence-corrected chi connectivity index (χ3v) is 4.65. The van der Waals surface area contributed by atoms with Crippen LogP contribution in [0.1, 0.15) is 18.9 Å². The van der Waals surface area contributed by atoms with E-state index in [1.54, 1.807) is 0 Å². The molecule has 1 aromatic rings. The number of hydrogen-bond acceptors (Lipinski definition) is 1. The predicted octanol–water partition coefficient (Wildman–Crippen LogP) is 4.07. The van der Waals surface area contributed by atoms with Crippen LogP contribution in [0, 0.1) is 0 Å². The van der Waals surface area contributed by atoms with Crippen LogP contribution in [0.5, 0.6) is 0 Å². The van der Waals surface area contributed by atoms with Gasteiger partial charge in [-0.05, 0) is 25.3 Å². The molecule has 0 aliphatic rings. The van der Waals surface area contributed by atoms with Crippen molar-refractivity contribution in [3.8, 4) is 0 Å². The Bertz CT molecular complexity index is 285. The summed E-state index contributed by atoms with van der Waals surface area (Å²) in [7, 11) is 0. The van der Waals surface area contributed by atoms with Gasteiger partial charge in [0.1, 0.15) is 0 Å². The van der Waals surface area contributed by atoms with E-state index < -0.39 is 0 Å². The first-order valence-corrected chi connectivity index (χ1v) is 7.56. The molecule has 0 aromatic heterocycles. The van der Waals surface area contributed by atoms with E-state index in [2.05, 4.69) is 53.8 Å². The minimum atomic E-state index is -0.168. The maximum Gasteiger partial charge on any atom is 0.0878 e. The molecular weight excluding hydrogens is 334 g/mol. The highest BCUT2D eigenvalue weighted by molar-refractivity contribution is 14.1. The number of aryl methyl sites for hydroxylation is 1. The monoisotopic (exact) mass is 352 g/mol. The molecule has 16 heavy (non-hydrogen) atoms. The third kappa shape index (κ3) is 5.02.